The lowest BCUT2D eigenvalue weighted by Gasteiger charge is -2.06. The van der Waals surface area contributed by atoms with E-state index in [1.807, 2.05) is 0 Å². The number of rotatable bonds is 5. The minimum absolute atomic E-state index is 0.476. The van der Waals surface area contributed by atoms with Crippen LogP contribution < -0.4 is 0 Å². The first-order chi connectivity index (χ1) is 5.83. The van der Waals surface area contributed by atoms with Crippen molar-refractivity contribution >= 4 is 5.78 Å². The van der Waals surface area contributed by atoms with Crippen LogP contribution in [0.4, 0.5) is 0 Å². The van der Waals surface area contributed by atoms with Crippen LogP contribution in [0.2, 0.25) is 0 Å². The van der Waals surface area contributed by atoms with Crippen LogP contribution in [-0.2, 0) is 4.79 Å². The number of Topliss-reactive ketones (excluding diaryl/α,β-unsaturated/α-hetero) is 1. The molecule has 1 nitrogen and oxygen atoms in total. The molecule has 0 aromatic rings. The third-order valence-electron chi connectivity index (χ3n) is 2.84. The first-order valence-electron chi connectivity index (χ1n) is 5.34. The average molecular weight is 168 g/mol. The topological polar surface area (TPSA) is 17.1 Å². The Hall–Kier alpha value is -0.330. The molecular weight excluding hydrogens is 148 g/mol. The molecule has 0 amide bonds. The molecule has 0 heterocycles. The first-order valence-corrected chi connectivity index (χ1v) is 5.34. The summed E-state index contributed by atoms with van der Waals surface area (Å²) in [6.45, 7) is 2.08. The Labute approximate surface area is 75.5 Å². The molecule has 1 saturated carbocycles. The lowest BCUT2D eigenvalue weighted by Crippen LogP contribution is -2.01. The summed E-state index contributed by atoms with van der Waals surface area (Å²) in [5.41, 5.74) is 0. The van der Waals surface area contributed by atoms with Crippen molar-refractivity contribution in [2.24, 2.45) is 5.92 Å². The average Bonchev–Trinajstić information content (AvgIpc) is 2.53. The first kappa shape index (κ1) is 9.76. The molecule has 0 atom stereocenters. The van der Waals surface area contributed by atoms with E-state index in [4.69, 9.17) is 0 Å². The van der Waals surface area contributed by atoms with Gasteiger partial charge in [0.05, 0.1) is 0 Å². The number of hydrogen-bond donors (Lipinski definition) is 0. The Morgan fingerprint density at radius 3 is 2.50 bits per heavy atom. The van der Waals surface area contributed by atoms with E-state index in [0.29, 0.717) is 5.78 Å². The molecular formula is C11H20O. The van der Waals surface area contributed by atoms with Gasteiger partial charge in [-0.1, -0.05) is 32.6 Å². The molecule has 0 saturated heterocycles. The fourth-order valence-electron chi connectivity index (χ4n) is 2.07. The highest BCUT2D eigenvalue weighted by atomic mass is 16.1. The van der Waals surface area contributed by atoms with Gasteiger partial charge in [0.2, 0.25) is 0 Å². The van der Waals surface area contributed by atoms with Crippen LogP contribution in [0.1, 0.15) is 58.3 Å². The predicted octanol–water partition coefficient (Wildman–Crippen LogP) is 3.33. The lowest BCUT2D eigenvalue weighted by atomic mass is 9.99. The number of hydrogen-bond acceptors (Lipinski definition) is 1. The van der Waals surface area contributed by atoms with Crippen LogP contribution in [0.15, 0.2) is 0 Å². The van der Waals surface area contributed by atoms with E-state index >= 15 is 0 Å². The smallest absolute Gasteiger partial charge is 0.132 e. The Morgan fingerprint density at radius 2 is 1.92 bits per heavy atom. The van der Waals surface area contributed by atoms with Gasteiger partial charge in [-0.15, -0.1) is 0 Å². The van der Waals surface area contributed by atoms with E-state index in [2.05, 4.69) is 6.92 Å². The van der Waals surface area contributed by atoms with E-state index in [-0.39, 0.29) is 0 Å². The van der Waals surface area contributed by atoms with Gasteiger partial charge in [-0.05, 0) is 18.8 Å². The molecule has 0 N–H and O–H groups in total. The van der Waals surface area contributed by atoms with Crippen LogP contribution in [-0.4, -0.2) is 5.78 Å². The van der Waals surface area contributed by atoms with Gasteiger partial charge in [-0.25, -0.2) is 0 Å². The van der Waals surface area contributed by atoms with Crippen molar-refractivity contribution in [1.82, 2.24) is 0 Å². The van der Waals surface area contributed by atoms with Crippen LogP contribution in [0.3, 0.4) is 0 Å². The summed E-state index contributed by atoms with van der Waals surface area (Å²) < 4.78 is 0. The largest absolute Gasteiger partial charge is 0.300 e. The third-order valence-corrected chi connectivity index (χ3v) is 2.84. The van der Waals surface area contributed by atoms with Gasteiger partial charge in [0, 0.05) is 12.8 Å². The zero-order valence-corrected chi connectivity index (χ0v) is 8.14. The zero-order chi connectivity index (χ0) is 8.81. The summed E-state index contributed by atoms with van der Waals surface area (Å²) in [6.07, 6.45) is 9.37. The van der Waals surface area contributed by atoms with Gasteiger partial charge in [0.15, 0.2) is 0 Å². The minimum atomic E-state index is 0.476. The van der Waals surface area contributed by atoms with Crippen molar-refractivity contribution in [3.8, 4) is 0 Å². The molecule has 0 radical (unpaired) electrons. The maximum absolute atomic E-state index is 11.2. The third kappa shape index (κ3) is 3.38. The molecule has 0 aliphatic heterocycles. The SMILES string of the molecule is CCCC(=O)CCC1CCCC1. The van der Waals surface area contributed by atoms with Gasteiger partial charge < -0.3 is 0 Å². The van der Waals surface area contributed by atoms with Crippen LogP contribution in [0.5, 0.6) is 0 Å². The minimum Gasteiger partial charge on any atom is -0.300 e. The fourth-order valence-corrected chi connectivity index (χ4v) is 2.07. The van der Waals surface area contributed by atoms with Gasteiger partial charge in [0.25, 0.3) is 0 Å². The Morgan fingerprint density at radius 1 is 1.25 bits per heavy atom. The molecule has 0 bridgehead atoms. The second-order valence-corrected chi connectivity index (χ2v) is 3.98. The summed E-state index contributed by atoms with van der Waals surface area (Å²) >= 11 is 0. The second kappa shape index (κ2) is 5.34. The molecule has 1 rings (SSSR count). The van der Waals surface area contributed by atoms with Crippen molar-refractivity contribution in [2.75, 3.05) is 0 Å². The Kier molecular flexibility index (Phi) is 4.34. The Bertz CT molecular complexity index is 134. The van der Waals surface area contributed by atoms with Gasteiger partial charge in [-0.3, -0.25) is 4.79 Å². The van der Waals surface area contributed by atoms with Crippen molar-refractivity contribution in [3.05, 3.63) is 0 Å². The van der Waals surface area contributed by atoms with Crippen molar-refractivity contribution in [3.63, 3.8) is 0 Å². The van der Waals surface area contributed by atoms with Gasteiger partial charge in [0.1, 0.15) is 5.78 Å². The molecule has 1 fully saturated rings. The van der Waals surface area contributed by atoms with Crippen LogP contribution >= 0.6 is 0 Å². The highest BCUT2D eigenvalue weighted by Gasteiger charge is 2.15. The summed E-state index contributed by atoms with van der Waals surface area (Å²) in [6, 6.07) is 0. The van der Waals surface area contributed by atoms with Crippen LogP contribution in [0.25, 0.3) is 0 Å². The summed E-state index contributed by atoms with van der Waals surface area (Å²) in [4.78, 5) is 11.2. The molecule has 0 aromatic heterocycles. The van der Waals surface area contributed by atoms with E-state index in [0.717, 1.165) is 25.2 Å². The van der Waals surface area contributed by atoms with Crippen molar-refractivity contribution < 1.29 is 4.79 Å². The normalized spacial score (nSPS) is 18.4. The molecule has 1 heteroatoms. The highest BCUT2D eigenvalue weighted by molar-refractivity contribution is 5.78. The maximum Gasteiger partial charge on any atom is 0.132 e. The number of carbonyl (C=O) groups excluding carboxylic acids is 1. The predicted molar refractivity (Wildman–Crippen MR) is 51.1 cm³/mol. The lowest BCUT2D eigenvalue weighted by molar-refractivity contribution is -0.119. The Balaban J connectivity index is 2.03. The second-order valence-electron chi connectivity index (χ2n) is 3.98. The summed E-state index contributed by atoms with van der Waals surface area (Å²) in [7, 11) is 0. The number of carbonyl (C=O) groups is 1. The quantitative estimate of drug-likeness (QED) is 0.615. The fraction of sp³-hybridized carbons (Fsp3) is 0.909. The molecule has 0 aromatic carbocycles. The summed E-state index contributed by atoms with van der Waals surface area (Å²) in [5.74, 6) is 1.36. The monoisotopic (exact) mass is 168 g/mol. The van der Waals surface area contributed by atoms with E-state index in [1.165, 1.54) is 32.1 Å². The molecule has 0 spiro atoms. The zero-order valence-electron chi connectivity index (χ0n) is 8.14. The summed E-state index contributed by atoms with van der Waals surface area (Å²) in [5, 5.41) is 0. The van der Waals surface area contributed by atoms with Gasteiger partial charge >= 0.3 is 0 Å². The van der Waals surface area contributed by atoms with E-state index in [1.54, 1.807) is 0 Å². The van der Waals surface area contributed by atoms with E-state index < -0.39 is 0 Å². The number of ketones is 1. The van der Waals surface area contributed by atoms with Crippen LogP contribution in [0, 0.1) is 5.92 Å². The molecule has 70 valence electrons. The molecule has 1 aliphatic rings. The van der Waals surface area contributed by atoms with E-state index in [9.17, 15) is 4.79 Å². The molecule has 0 unspecified atom stereocenters. The molecule has 1 aliphatic carbocycles. The van der Waals surface area contributed by atoms with Crippen molar-refractivity contribution in [1.29, 1.82) is 0 Å². The van der Waals surface area contributed by atoms with Gasteiger partial charge in [-0.2, -0.15) is 0 Å². The highest BCUT2D eigenvalue weighted by Crippen LogP contribution is 2.28. The van der Waals surface area contributed by atoms with Crippen molar-refractivity contribution in [2.45, 2.75) is 58.3 Å². The standard InChI is InChI=1S/C11H20O/c1-2-5-11(12)9-8-10-6-3-4-7-10/h10H,2-9H2,1H3. The molecule has 12 heavy (non-hydrogen) atoms. The maximum atomic E-state index is 11.2.